The first-order valence-electron chi connectivity index (χ1n) is 5.60. The van der Waals surface area contributed by atoms with Gasteiger partial charge in [0.15, 0.2) is 0 Å². The van der Waals surface area contributed by atoms with Crippen molar-refractivity contribution in [3.8, 4) is 0 Å². The zero-order chi connectivity index (χ0) is 12.0. The van der Waals surface area contributed by atoms with Crippen molar-refractivity contribution in [2.75, 3.05) is 18.5 Å². The van der Waals surface area contributed by atoms with Crippen LogP contribution in [0.5, 0.6) is 0 Å². The third kappa shape index (κ3) is 3.93. The fraction of sp³-hybridized carbons (Fsp3) is 0.462. The molecule has 0 saturated carbocycles. The number of anilines is 1. The van der Waals surface area contributed by atoms with Crippen molar-refractivity contribution in [3.05, 3.63) is 29.8 Å². The molecule has 0 spiro atoms. The van der Waals surface area contributed by atoms with Gasteiger partial charge in [0.2, 0.25) is 0 Å². The largest absolute Gasteiger partial charge is 0.466 e. The summed E-state index contributed by atoms with van der Waals surface area (Å²) in [6.07, 6.45) is 0. The minimum absolute atomic E-state index is 0.124. The second kappa shape index (κ2) is 6.16. The molecule has 1 N–H and O–H groups in total. The Morgan fingerprint density at radius 2 is 2.00 bits per heavy atom. The standard InChI is InChI=1S/C13H19NO2/c1-4-16-13(15)11(3)9-14-12-7-5-10(2)6-8-12/h5-8,11,14H,4,9H2,1-3H3. The Kier molecular flexibility index (Phi) is 4.83. The van der Waals surface area contributed by atoms with E-state index in [1.807, 2.05) is 45.0 Å². The summed E-state index contributed by atoms with van der Waals surface area (Å²) < 4.78 is 4.93. The van der Waals surface area contributed by atoms with Crippen molar-refractivity contribution in [2.45, 2.75) is 20.8 Å². The van der Waals surface area contributed by atoms with E-state index in [2.05, 4.69) is 5.32 Å². The van der Waals surface area contributed by atoms with E-state index in [1.165, 1.54) is 5.56 Å². The van der Waals surface area contributed by atoms with Gasteiger partial charge in [-0.2, -0.15) is 0 Å². The highest BCUT2D eigenvalue weighted by Crippen LogP contribution is 2.09. The maximum Gasteiger partial charge on any atom is 0.310 e. The summed E-state index contributed by atoms with van der Waals surface area (Å²) in [5.74, 6) is -0.275. The second-order valence-corrected chi connectivity index (χ2v) is 3.90. The summed E-state index contributed by atoms with van der Waals surface area (Å²) >= 11 is 0. The fourth-order valence-electron chi connectivity index (χ4n) is 1.31. The average Bonchev–Trinajstić information content (AvgIpc) is 2.28. The summed E-state index contributed by atoms with van der Waals surface area (Å²) in [6, 6.07) is 8.09. The van der Waals surface area contributed by atoms with Gasteiger partial charge in [-0.25, -0.2) is 0 Å². The minimum atomic E-state index is -0.151. The second-order valence-electron chi connectivity index (χ2n) is 3.90. The van der Waals surface area contributed by atoms with Gasteiger partial charge in [0, 0.05) is 12.2 Å². The number of carbonyl (C=O) groups is 1. The van der Waals surface area contributed by atoms with Gasteiger partial charge in [0.25, 0.3) is 0 Å². The Hall–Kier alpha value is -1.51. The van der Waals surface area contributed by atoms with Gasteiger partial charge in [-0.05, 0) is 26.0 Å². The van der Waals surface area contributed by atoms with Crippen LogP contribution in [0.1, 0.15) is 19.4 Å². The number of carbonyl (C=O) groups excluding carboxylic acids is 1. The predicted octanol–water partition coefficient (Wildman–Crippen LogP) is 2.61. The Balaban J connectivity index is 2.39. The van der Waals surface area contributed by atoms with Crippen LogP contribution >= 0.6 is 0 Å². The van der Waals surface area contributed by atoms with E-state index in [1.54, 1.807) is 0 Å². The molecule has 1 rings (SSSR count). The number of hydrogen-bond acceptors (Lipinski definition) is 3. The van der Waals surface area contributed by atoms with Crippen LogP contribution in [-0.4, -0.2) is 19.1 Å². The molecule has 0 fully saturated rings. The smallest absolute Gasteiger partial charge is 0.310 e. The Bertz CT molecular complexity index is 332. The van der Waals surface area contributed by atoms with Crippen LogP contribution in [0.3, 0.4) is 0 Å². The number of rotatable bonds is 5. The van der Waals surface area contributed by atoms with Crippen molar-refractivity contribution in [1.29, 1.82) is 0 Å². The number of benzene rings is 1. The number of ether oxygens (including phenoxy) is 1. The lowest BCUT2D eigenvalue weighted by molar-refractivity contribution is -0.146. The molecule has 0 amide bonds. The van der Waals surface area contributed by atoms with Gasteiger partial charge in [0.1, 0.15) is 0 Å². The number of aryl methyl sites for hydroxylation is 1. The zero-order valence-electron chi connectivity index (χ0n) is 10.1. The molecule has 3 heteroatoms. The molecular formula is C13H19NO2. The SMILES string of the molecule is CCOC(=O)C(C)CNc1ccc(C)cc1. The normalized spacial score (nSPS) is 11.9. The van der Waals surface area contributed by atoms with E-state index < -0.39 is 0 Å². The maximum absolute atomic E-state index is 11.4. The first-order chi connectivity index (χ1) is 7.63. The summed E-state index contributed by atoms with van der Waals surface area (Å²) in [4.78, 5) is 11.4. The van der Waals surface area contributed by atoms with Crippen LogP contribution in [0.2, 0.25) is 0 Å². The molecule has 3 nitrogen and oxygen atoms in total. The van der Waals surface area contributed by atoms with E-state index in [9.17, 15) is 4.79 Å². The number of nitrogens with one attached hydrogen (secondary N) is 1. The third-order valence-electron chi connectivity index (χ3n) is 2.35. The van der Waals surface area contributed by atoms with Gasteiger partial charge >= 0.3 is 5.97 Å². The number of esters is 1. The van der Waals surface area contributed by atoms with Gasteiger partial charge in [0.05, 0.1) is 12.5 Å². The minimum Gasteiger partial charge on any atom is -0.466 e. The fourth-order valence-corrected chi connectivity index (χ4v) is 1.31. The van der Waals surface area contributed by atoms with Gasteiger partial charge < -0.3 is 10.1 Å². The monoisotopic (exact) mass is 221 g/mol. The van der Waals surface area contributed by atoms with E-state index in [0.717, 1.165) is 5.69 Å². The molecule has 1 unspecified atom stereocenters. The predicted molar refractivity (Wildman–Crippen MR) is 65.5 cm³/mol. The Morgan fingerprint density at radius 3 is 2.56 bits per heavy atom. The molecule has 1 aromatic rings. The molecule has 1 atom stereocenters. The van der Waals surface area contributed by atoms with Gasteiger partial charge in [-0.3, -0.25) is 4.79 Å². The quantitative estimate of drug-likeness (QED) is 0.777. The van der Waals surface area contributed by atoms with Crippen molar-refractivity contribution < 1.29 is 9.53 Å². The summed E-state index contributed by atoms with van der Waals surface area (Å²) in [5, 5.41) is 3.21. The van der Waals surface area contributed by atoms with Crippen LogP contribution in [0.4, 0.5) is 5.69 Å². The van der Waals surface area contributed by atoms with Gasteiger partial charge in [-0.1, -0.05) is 24.6 Å². The summed E-state index contributed by atoms with van der Waals surface area (Å²) in [5.41, 5.74) is 2.26. The van der Waals surface area contributed by atoms with Crippen molar-refractivity contribution in [1.82, 2.24) is 0 Å². The third-order valence-corrected chi connectivity index (χ3v) is 2.35. The number of hydrogen-bond donors (Lipinski definition) is 1. The van der Waals surface area contributed by atoms with Crippen LogP contribution < -0.4 is 5.32 Å². The lowest BCUT2D eigenvalue weighted by Gasteiger charge is -2.12. The molecule has 0 aliphatic carbocycles. The molecule has 0 aliphatic heterocycles. The van der Waals surface area contributed by atoms with E-state index in [0.29, 0.717) is 13.2 Å². The molecule has 0 radical (unpaired) electrons. The molecule has 0 bridgehead atoms. The first-order valence-corrected chi connectivity index (χ1v) is 5.60. The van der Waals surface area contributed by atoms with Crippen LogP contribution in [0.15, 0.2) is 24.3 Å². The van der Waals surface area contributed by atoms with E-state index >= 15 is 0 Å². The topological polar surface area (TPSA) is 38.3 Å². The highest BCUT2D eigenvalue weighted by atomic mass is 16.5. The summed E-state index contributed by atoms with van der Waals surface area (Å²) in [6.45, 7) is 6.76. The van der Waals surface area contributed by atoms with Crippen LogP contribution in [0.25, 0.3) is 0 Å². The molecule has 88 valence electrons. The van der Waals surface area contributed by atoms with Crippen molar-refractivity contribution in [3.63, 3.8) is 0 Å². The lowest BCUT2D eigenvalue weighted by atomic mass is 10.1. The summed E-state index contributed by atoms with van der Waals surface area (Å²) in [7, 11) is 0. The molecule has 16 heavy (non-hydrogen) atoms. The van der Waals surface area contributed by atoms with E-state index in [-0.39, 0.29) is 11.9 Å². The first kappa shape index (κ1) is 12.6. The molecule has 1 aromatic carbocycles. The molecule has 0 saturated heterocycles. The molecule has 0 heterocycles. The maximum atomic E-state index is 11.4. The van der Waals surface area contributed by atoms with Gasteiger partial charge in [-0.15, -0.1) is 0 Å². The molecule has 0 aromatic heterocycles. The van der Waals surface area contributed by atoms with Crippen molar-refractivity contribution in [2.24, 2.45) is 5.92 Å². The zero-order valence-corrected chi connectivity index (χ0v) is 10.1. The Morgan fingerprint density at radius 1 is 1.38 bits per heavy atom. The average molecular weight is 221 g/mol. The van der Waals surface area contributed by atoms with E-state index in [4.69, 9.17) is 4.74 Å². The molecular weight excluding hydrogens is 202 g/mol. The van der Waals surface area contributed by atoms with Crippen molar-refractivity contribution >= 4 is 11.7 Å². The highest BCUT2D eigenvalue weighted by molar-refractivity contribution is 5.72. The van der Waals surface area contributed by atoms with Crippen LogP contribution in [0, 0.1) is 12.8 Å². The van der Waals surface area contributed by atoms with Crippen LogP contribution in [-0.2, 0) is 9.53 Å². The lowest BCUT2D eigenvalue weighted by Crippen LogP contribution is -2.22. The highest BCUT2D eigenvalue weighted by Gasteiger charge is 2.12. The Labute approximate surface area is 96.8 Å². The molecule has 0 aliphatic rings.